The highest BCUT2D eigenvalue weighted by molar-refractivity contribution is 5.99. The van der Waals surface area contributed by atoms with Gasteiger partial charge in [-0.05, 0) is 50.9 Å². The van der Waals surface area contributed by atoms with Gasteiger partial charge in [-0.3, -0.25) is 14.5 Å². The minimum atomic E-state index is -0.159. The van der Waals surface area contributed by atoms with Crippen molar-refractivity contribution in [1.29, 1.82) is 0 Å². The lowest BCUT2D eigenvalue weighted by Crippen LogP contribution is -2.57. The van der Waals surface area contributed by atoms with Crippen LogP contribution in [-0.2, 0) is 9.59 Å². The minimum Gasteiger partial charge on any atom is -0.495 e. The fourth-order valence-corrected chi connectivity index (χ4v) is 3.81. The average Bonchev–Trinajstić information content (AvgIpc) is 2.67. The van der Waals surface area contributed by atoms with E-state index in [1.807, 2.05) is 31.2 Å². The first-order valence-electron chi connectivity index (χ1n) is 9.47. The van der Waals surface area contributed by atoms with Gasteiger partial charge in [0.05, 0.1) is 18.8 Å². The minimum absolute atomic E-state index is 0.0615. The van der Waals surface area contributed by atoms with Gasteiger partial charge in [0.25, 0.3) is 0 Å². The molecule has 0 aromatic heterocycles. The fraction of sp³-hybridized carbons (Fsp3) is 0.600. The molecule has 26 heavy (non-hydrogen) atoms. The lowest BCUT2D eigenvalue weighted by atomic mass is 9.98. The van der Waals surface area contributed by atoms with Gasteiger partial charge < -0.3 is 14.5 Å². The van der Waals surface area contributed by atoms with E-state index >= 15 is 0 Å². The van der Waals surface area contributed by atoms with Crippen LogP contribution in [0.15, 0.2) is 24.3 Å². The van der Waals surface area contributed by atoms with Gasteiger partial charge in [-0.1, -0.05) is 19.1 Å². The van der Waals surface area contributed by atoms with Gasteiger partial charge in [0.2, 0.25) is 11.8 Å². The van der Waals surface area contributed by atoms with Crippen molar-refractivity contribution in [2.75, 3.05) is 44.7 Å². The zero-order valence-corrected chi connectivity index (χ0v) is 16.0. The van der Waals surface area contributed by atoms with E-state index in [0.717, 1.165) is 37.5 Å². The van der Waals surface area contributed by atoms with Crippen LogP contribution in [0.4, 0.5) is 5.69 Å². The van der Waals surface area contributed by atoms with Gasteiger partial charge in [-0.25, -0.2) is 0 Å². The Hall–Kier alpha value is -2.08. The molecule has 0 aliphatic carbocycles. The maximum absolute atomic E-state index is 12.9. The van der Waals surface area contributed by atoms with Crippen LogP contribution in [0.2, 0.25) is 0 Å². The number of amides is 2. The number of carbonyl (C=O) groups is 2. The van der Waals surface area contributed by atoms with Crippen molar-refractivity contribution in [1.82, 2.24) is 9.80 Å². The molecule has 0 N–H and O–H groups in total. The van der Waals surface area contributed by atoms with Crippen molar-refractivity contribution in [3.63, 3.8) is 0 Å². The van der Waals surface area contributed by atoms with Crippen LogP contribution in [-0.4, -0.2) is 67.5 Å². The van der Waals surface area contributed by atoms with Crippen molar-refractivity contribution in [3.05, 3.63) is 24.3 Å². The highest BCUT2D eigenvalue weighted by Crippen LogP contribution is 2.29. The molecule has 2 heterocycles. The Morgan fingerprint density at radius 2 is 1.85 bits per heavy atom. The molecule has 1 atom stereocenters. The molecule has 142 valence electrons. The summed E-state index contributed by atoms with van der Waals surface area (Å²) in [4.78, 5) is 31.2. The summed E-state index contributed by atoms with van der Waals surface area (Å²) >= 11 is 0. The van der Waals surface area contributed by atoms with E-state index < -0.39 is 0 Å². The number of piperazine rings is 1. The number of methoxy groups -OCH3 is 1. The normalized spacial score (nSPS) is 21.0. The van der Waals surface area contributed by atoms with Gasteiger partial charge >= 0.3 is 0 Å². The van der Waals surface area contributed by atoms with E-state index in [-0.39, 0.29) is 24.4 Å². The molecule has 6 nitrogen and oxygen atoms in total. The Bertz CT molecular complexity index is 655. The molecule has 2 aliphatic rings. The van der Waals surface area contributed by atoms with Crippen molar-refractivity contribution in [2.24, 2.45) is 5.92 Å². The molecular weight excluding hydrogens is 330 g/mol. The van der Waals surface area contributed by atoms with E-state index in [2.05, 4.69) is 11.8 Å². The highest BCUT2D eigenvalue weighted by Gasteiger charge is 2.33. The summed E-state index contributed by atoms with van der Waals surface area (Å²) in [5.41, 5.74) is 0.769. The van der Waals surface area contributed by atoms with E-state index in [4.69, 9.17) is 4.74 Å². The molecule has 1 aromatic rings. The highest BCUT2D eigenvalue weighted by atomic mass is 16.5. The van der Waals surface area contributed by atoms with E-state index in [1.54, 1.807) is 16.9 Å². The summed E-state index contributed by atoms with van der Waals surface area (Å²) in [6.45, 7) is 7.33. The van der Waals surface area contributed by atoms with Crippen molar-refractivity contribution in [2.45, 2.75) is 32.7 Å². The van der Waals surface area contributed by atoms with Gasteiger partial charge in [0.1, 0.15) is 12.3 Å². The van der Waals surface area contributed by atoms with Gasteiger partial charge in [0, 0.05) is 13.1 Å². The summed E-state index contributed by atoms with van der Waals surface area (Å²) in [5, 5.41) is 0. The summed E-state index contributed by atoms with van der Waals surface area (Å²) in [6, 6.07) is 7.34. The predicted octanol–water partition coefficient (Wildman–Crippen LogP) is 1.99. The molecule has 2 amide bonds. The lowest BCUT2D eigenvalue weighted by molar-refractivity contribution is -0.141. The number of ether oxygens (including phenoxy) is 1. The topological polar surface area (TPSA) is 53.1 Å². The van der Waals surface area contributed by atoms with Crippen LogP contribution >= 0.6 is 0 Å². The second kappa shape index (κ2) is 8.08. The third kappa shape index (κ3) is 3.85. The quantitative estimate of drug-likeness (QED) is 0.825. The molecule has 1 aromatic carbocycles. The SMILES string of the molecule is COc1ccccc1N1CCN(C(=O)[C@@H](C)N2CCC(C)CC2)CC1=O. The zero-order valence-electron chi connectivity index (χ0n) is 16.0. The Labute approximate surface area is 155 Å². The van der Waals surface area contributed by atoms with Crippen molar-refractivity contribution < 1.29 is 14.3 Å². The average molecular weight is 359 g/mol. The number of hydrogen-bond acceptors (Lipinski definition) is 4. The third-order valence-electron chi connectivity index (χ3n) is 5.63. The molecule has 0 saturated carbocycles. The van der Waals surface area contributed by atoms with Gasteiger partial charge in [-0.2, -0.15) is 0 Å². The van der Waals surface area contributed by atoms with Crippen LogP contribution in [0.5, 0.6) is 5.75 Å². The largest absolute Gasteiger partial charge is 0.495 e. The first kappa shape index (κ1) is 18.7. The number of hydrogen-bond donors (Lipinski definition) is 0. The van der Waals surface area contributed by atoms with Crippen LogP contribution in [0, 0.1) is 5.92 Å². The van der Waals surface area contributed by atoms with E-state index in [1.165, 1.54) is 0 Å². The second-order valence-electron chi connectivity index (χ2n) is 7.37. The van der Waals surface area contributed by atoms with Gasteiger partial charge in [0.15, 0.2) is 0 Å². The summed E-state index contributed by atoms with van der Waals surface area (Å²) in [5.74, 6) is 1.41. The molecule has 2 aliphatic heterocycles. The predicted molar refractivity (Wildman–Crippen MR) is 101 cm³/mol. The first-order valence-corrected chi connectivity index (χ1v) is 9.47. The molecular formula is C20H29N3O3. The maximum atomic E-state index is 12.9. The smallest absolute Gasteiger partial charge is 0.246 e. The molecule has 3 rings (SSSR count). The third-order valence-corrected chi connectivity index (χ3v) is 5.63. The lowest BCUT2D eigenvalue weighted by Gasteiger charge is -2.39. The second-order valence-corrected chi connectivity index (χ2v) is 7.37. The Morgan fingerprint density at radius 1 is 1.15 bits per heavy atom. The summed E-state index contributed by atoms with van der Waals surface area (Å²) in [7, 11) is 1.60. The van der Waals surface area contributed by atoms with E-state index in [0.29, 0.717) is 18.8 Å². The first-order chi connectivity index (χ1) is 12.5. The molecule has 2 fully saturated rings. The number of rotatable bonds is 4. The number of anilines is 1. The molecule has 2 saturated heterocycles. The Morgan fingerprint density at radius 3 is 2.50 bits per heavy atom. The molecule has 0 bridgehead atoms. The van der Waals surface area contributed by atoms with Crippen molar-refractivity contribution >= 4 is 17.5 Å². The van der Waals surface area contributed by atoms with Crippen molar-refractivity contribution in [3.8, 4) is 5.75 Å². The maximum Gasteiger partial charge on any atom is 0.246 e. The van der Waals surface area contributed by atoms with Crippen LogP contribution in [0.3, 0.4) is 0 Å². The van der Waals surface area contributed by atoms with Crippen LogP contribution < -0.4 is 9.64 Å². The number of likely N-dealkylation sites (tertiary alicyclic amines) is 1. The molecule has 0 spiro atoms. The number of benzene rings is 1. The molecule has 0 radical (unpaired) electrons. The fourth-order valence-electron chi connectivity index (χ4n) is 3.81. The number of piperidine rings is 1. The number of nitrogens with zero attached hydrogens (tertiary/aromatic N) is 3. The molecule has 0 unspecified atom stereocenters. The molecule has 6 heteroatoms. The number of carbonyl (C=O) groups excluding carboxylic acids is 2. The summed E-state index contributed by atoms with van der Waals surface area (Å²) < 4.78 is 5.37. The zero-order chi connectivity index (χ0) is 18.7. The Balaban J connectivity index is 1.63. The standard InChI is InChI=1S/C20H29N3O3/c1-15-8-10-21(11-9-15)16(2)20(25)22-12-13-23(19(24)14-22)17-6-4-5-7-18(17)26-3/h4-7,15-16H,8-14H2,1-3H3/t16-/m1/s1. The van der Waals surface area contributed by atoms with Crippen LogP contribution in [0.1, 0.15) is 26.7 Å². The monoisotopic (exact) mass is 359 g/mol. The Kier molecular flexibility index (Phi) is 5.81. The van der Waals surface area contributed by atoms with Crippen LogP contribution in [0.25, 0.3) is 0 Å². The van der Waals surface area contributed by atoms with Gasteiger partial charge in [-0.15, -0.1) is 0 Å². The van der Waals surface area contributed by atoms with E-state index in [9.17, 15) is 9.59 Å². The number of para-hydroxylation sites is 2. The summed E-state index contributed by atoms with van der Waals surface area (Å²) in [6.07, 6.45) is 2.27.